The molecule has 1 aliphatic carbocycles. The molecule has 4 N–H and O–H groups in total. The third kappa shape index (κ3) is 5.18. The first-order chi connectivity index (χ1) is 17.3. The number of thiazole rings is 1. The number of nitrogens with zero attached hydrogens (tertiary/aromatic N) is 2. The molecule has 10 heteroatoms. The number of nitrogen functional groups attached to an aromatic ring is 1. The van der Waals surface area contributed by atoms with Crippen molar-refractivity contribution in [1.82, 2.24) is 15.2 Å². The highest BCUT2D eigenvalue weighted by molar-refractivity contribution is 7.15. The zero-order valence-electron chi connectivity index (χ0n) is 19.8. The monoisotopic (exact) mass is 505 g/mol. The van der Waals surface area contributed by atoms with Crippen molar-refractivity contribution in [2.24, 2.45) is 5.41 Å². The van der Waals surface area contributed by atoms with Crippen LogP contribution in [0.4, 0.5) is 10.8 Å². The molecule has 0 spiro atoms. The van der Waals surface area contributed by atoms with Gasteiger partial charge in [-0.2, -0.15) is 0 Å². The first kappa shape index (κ1) is 23.8. The average molecular weight is 506 g/mol. The Morgan fingerprint density at radius 3 is 2.53 bits per heavy atom. The number of ether oxygens (including phenoxy) is 1. The van der Waals surface area contributed by atoms with Gasteiger partial charge >= 0.3 is 0 Å². The molecule has 0 bridgehead atoms. The van der Waals surface area contributed by atoms with Gasteiger partial charge in [-0.15, -0.1) is 11.3 Å². The van der Waals surface area contributed by atoms with Crippen molar-refractivity contribution in [3.63, 3.8) is 0 Å². The third-order valence-electron chi connectivity index (χ3n) is 6.66. The number of rotatable bonds is 8. The highest BCUT2D eigenvalue weighted by Gasteiger charge is 2.64. The van der Waals surface area contributed by atoms with E-state index in [1.807, 2.05) is 30.3 Å². The van der Waals surface area contributed by atoms with Gasteiger partial charge in [0.25, 0.3) is 0 Å². The molecule has 2 heterocycles. The van der Waals surface area contributed by atoms with Gasteiger partial charge in [-0.25, -0.2) is 4.98 Å². The van der Waals surface area contributed by atoms with Crippen LogP contribution < -0.4 is 21.1 Å². The van der Waals surface area contributed by atoms with Gasteiger partial charge in [0.1, 0.15) is 24.0 Å². The standard InChI is InChI=1S/C26H27N5O4S/c1-26-12-20(24(34)28-14-19-15-29-25(27)36-19)31(21(26)13-26)23(33)11-22(32)30-16-7-9-18(10-8-16)35-17-5-3-2-4-6-17/h2-10,15,20-21H,11-14H2,1H3,(H2,27,29)(H,28,34)(H,30,32)/t20-,21-,26+/m0/s1. The maximum Gasteiger partial charge on any atom is 0.243 e. The van der Waals surface area contributed by atoms with E-state index in [0.29, 0.717) is 35.3 Å². The summed E-state index contributed by atoms with van der Waals surface area (Å²) < 4.78 is 5.76. The largest absolute Gasteiger partial charge is 0.457 e. The summed E-state index contributed by atoms with van der Waals surface area (Å²) >= 11 is 1.31. The lowest BCUT2D eigenvalue weighted by Gasteiger charge is -2.26. The minimum Gasteiger partial charge on any atom is -0.457 e. The molecule has 5 rings (SSSR count). The van der Waals surface area contributed by atoms with Crippen molar-refractivity contribution in [3.8, 4) is 11.5 Å². The number of likely N-dealkylation sites (tertiary alicyclic amines) is 1. The van der Waals surface area contributed by atoms with Crippen molar-refractivity contribution < 1.29 is 19.1 Å². The predicted molar refractivity (Wildman–Crippen MR) is 136 cm³/mol. The predicted octanol–water partition coefficient (Wildman–Crippen LogP) is 3.54. The maximum atomic E-state index is 13.1. The van der Waals surface area contributed by atoms with E-state index in [-0.39, 0.29) is 29.7 Å². The number of hydrogen-bond acceptors (Lipinski definition) is 7. The van der Waals surface area contributed by atoms with Crippen LogP contribution in [0.1, 0.15) is 31.1 Å². The number of piperidine rings is 1. The number of aromatic nitrogens is 1. The van der Waals surface area contributed by atoms with Crippen LogP contribution in [0, 0.1) is 5.41 Å². The molecule has 3 amide bonds. The van der Waals surface area contributed by atoms with Crippen molar-refractivity contribution >= 4 is 39.9 Å². The van der Waals surface area contributed by atoms with Crippen molar-refractivity contribution in [2.45, 2.75) is 44.8 Å². The lowest BCUT2D eigenvalue weighted by Crippen LogP contribution is -2.48. The van der Waals surface area contributed by atoms with Crippen LogP contribution in [0.15, 0.2) is 60.8 Å². The van der Waals surface area contributed by atoms with E-state index in [0.717, 1.165) is 11.3 Å². The molecule has 36 heavy (non-hydrogen) atoms. The van der Waals surface area contributed by atoms with E-state index in [4.69, 9.17) is 10.5 Å². The molecule has 1 aliphatic heterocycles. The van der Waals surface area contributed by atoms with Crippen molar-refractivity contribution in [2.75, 3.05) is 11.1 Å². The van der Waals surface area contributed by atoms with Gasteiger partial charge < -0.3 is 26.0 Å². The van der Waals surface area contributed by atoms with Gasteiger partial charge in [-0.3, -0.25) is 14.4 Å². The number of nitrogens with one attached hydrogen (secondary N) is 2. The van der Waals surface area contributed by atoms with E-state index in [1.165, 1.54) is 11.3 Å². The Morgan fingerprint density at radius 1 is 1.11 bits per heavy atom. The summed E-state index contributed by atoms with van der Waals surface area (Å²) in [4.78, 5) is 45.1. The summed E-state index contributed by atoms with van der Waals surface area (Å²) in [6, 6.07) is 15.7. The van der Waals surface area contributed by atoms with E-state index < -0.39 is 11.9 Å². The molecule has 2 aromatic carbocycles. The van der Waals surface area contributed by atoms with Gasteiger partial charge in [-0.1, -0.05) is 25.1 Å². The van der Waals surface area contributed by atoms with Gasteiger partial charge in [0, 0.05) is 22.8 Å². The molecule has 1 aromatic heterocycles. The second kappa shape index (κ2) is 9.62. The Morgan fingerprint density at radius 2 is 1.83 bits per heavy atom. The molecule has 3 atom stereocenters. The SMILES string of the molecule is C[C@@]12C[C@@H]1N(C(=O)CC(=O)Nc1ccc(Oc3ccccc3)cc1)[C@H](C(=O)NCc1cnc(N)s1)C2. The van der Waals surface area contributed by atoms with E-state index >= 15 is 0 Å². The van der Waals surface area contributed by atoms with Gasteiger partial charge in [0.2, 0.25) is 17.7 Å². The molecule has 186 valence electrons. The second-order valence-corrected chi connectivity index (χ2v) is 10.6. The molecule has 1 saturated carbocycles. The molecule has 1 saturated heterocycles. The summed E-state index contributed by atoms with van der Waals surface area (Å²) in [5, 5.41) is 6.08. The smallest absolute Gasteiger partial charge is 0.243 e. The fraction of sp³-hybridized carbons (Fsp3) is 0.308. The van der Waals surface area contributed by atoms with E-state index in [2.05, 4.69) is 22.5 Å². The molecule has 2 aliphatic rings. The fourth-order valence-corrected chi connectivity index (χ4v) is 5.35. The first-order valence-electron chi connectivity index (χ1n) is 11.7. The quantitative estimate of drug-likeness (QED) is 0.402. The van der Waals surface area contributed by atoms with Crippen LogP contribution in [-0.2, 0) is 20.9 Å². The molecule has 0 unspecified atom stereocenters. The average Bonchev–Trinajstić information content (AvgIpc) is 3.17. The zero-order chi connectivity index (χ0) is 25.3. The lowest BCUT2D eigenvalue weighted by molar-refractivity contribution is -0.141. The summed E-state index contributed by atoms with van der Waals surface area (Å²) in [5.41, 5.74) is 6.14. The second-order valence-electron chi connectivity index (χ2n) is 9.44. The Balaban J connectivity index is 1.16. The van der Waals surface area contributed by atoms with Crippen LogP contribution >= 0.6 is 11.3 Å². The van der Waals surface area contributed by atoms with Crippen molar-refractivity contribution in [3.05, 3.63) is 65.7 Å². The van der Waals surface area contributed by atoms with Gasteiger partial charge in [0.15, 0.2) is 5.13 Å². The summed E-state index contributed by atoms with van der Waals surface area (Å²) in [6.45, 7) is 2.38. The molecule has 3 aromatic rings. The Kier molecular flexibility index (Phi) is 6.36. The minimum atomic E-state index is -0.589. The highest BCUT2D eigenvalue weighted by Crippen LogP contribution is 2.59. The summed E-state index contributed by atoms with van der Waals surface area (Å²) in [7, 11) is 0. The number of nitrogens with two attached hydrogens (primary N) is 1. The lowest BCUT2D eigenvalue weighted by atomic mass is 10.0. The Hall–Kier alpha value is -3.92. The van der Waals surface area contributed by atoms with E-state index in [9.17, 15) is 14.4 Å². The zero-order valence-corrected chi connectivity index (χ0v) is 20.6. The molecular formula is C26H27N5O4S. The van der Waals surface area contributed by atoms with Crippen LogP contribution in [0.2, 0.25) is 0 Å². The highest BCUT2D eigenvalue weighted by atomic mass is 32.1. The summed E-state index contributed by atoms with van der Waals surface area (Å²) in [5.74, 6) is 0.357. The number of anilines is 2. The molecule has 2 fully saturated rings. The molecule has 0 radical (unpaired) electrons. The number of benzene rings is 2. The molecular weight excluding hydrogens is 478 g/mol. The van der Waals surface area contributed by atoms with E-state index in [1.54, 1.807) is 35.4 Å². The normalized spacial score (nSPS) is 22.0. The van der Waals surface area contributed by atoms with Crippen LogP contribution in [-0.4, -0.2) is 39.7 Å². The number of fused-ring (bicyclic) bond motifs is 1. The number of para-hydroxylation sites is 1. The fourth-order valence-electron chi connectivity index (χ4n) is 4.72. The number of hydrogen-bond donors (Lipinski definition) is 3. The number of carbonyl (C=O) groups excluding carboxylic acids is 3. The Bertz CT molecular complexity index is 1280. The summed E-state index contributed by atoms with van der Waals surface area (Å²) in [6.07, 6.45) is 2.73. The topological polar surface area (TPSA) is 127 Å². The Labute approximate surface area is 212 Å². The van der Waals surface area contributed by atoms with Gasteiger partial charge in [0.05, 0.1) is 6.54 Å². The minimum absolute atomic E-state index is 0.0120. The third-order valence-corrected chi connectivity index (χ3v) is 7.49. The molecule has 9 nitrogen and oxygen atoms in total. The van der Waals surface area contributed by atoms with Crippen molar-refractivity contribution in [1.29, 1.82) is 0 Å². The van der Waals surface area contributed by atoms with Crippen LogP contribution in [0.5, 0.6) is 11.5 Å². The van der Waals surface area contributed by atoms with Gasteiger partial charge in [-0.05, 0) is 54.7 Å². The maximum absolute atomic E-state index is 13.1. The van der Waals surface area contributed by atoms with Crippen LogP contribution in [0.3, 0.4) is 0 Å². The van der Waals surface area contributed by atoms with Crippen LogP contribution in [0.25, 0.3) is 0 Å². The number of amides is 3. The first-order valence-corrected chi connectivity index (χ1v) is 12.5. The number of carbonyl (C=O) groups is 3.